The van der Waals surface area contributed by atoms with Crippen molar-refractivity contribution < 1.29 is 9.94 Å². The van der Waals surface area contributed by atoms with Crippen LogP contribution in [-0.2, 0) is 0 Å². The summed E-state index contributed by atoms with van der Waals surface area (Å²) in [5.41, 5.74) is 1.43. The molecular weight excluding hydrogens is 202 g/mol. The van der Waals surface area contributed by atoms with Crippen LogP contribution in [0, 0.1) is 0 Å². The van der Waals surface area contributed by atoms with Crippen LogP contribution in [-0.4, -0.2) is 17.5 Å². The maximum absolute atomic E-state index is 8.84. The van der Waals surface area contributed by atoms with Gasteiger partial charge in [0.15, 0.2) is 0 Å². The summed E-state index contributed by atoms with van der Waals surface area (Å²) < 4.78 is 5.48. The van der Waals surface area contributed by atoms with Crippen LogP contribution < -0.4 is 4.74 Å². The lowest BCUT2D eigenvalue weighted by Gasteiger charge is -2.06. The summed E-state index contributed by atoms with van der Waals surface area (Å²) in [6.45, 7) is 0.646. The zero-order valence-corrected chi connectivity index (χ0v) is 8.29. The molecule has 0 saturated carbocycles. The molecule has 74 valence electrons. The maximum Gasteiger partial charge on any atom is 0.128 e. The molecule has 1 N–H and O–H groups in total. The van der Waals surface area contributed by atoms with Crippen molar-refractivity contribution >= 4 is 17.3 Å². The van der Waals surface area contributed by atoms with Crippen LogP contribution in [0.3, 0.4) is 0 Å². The maximum atomic E-state index is 8.84. The second-order valence-corrected chi connectivity index (χ2v) is 3.58. The zero-order valence-electron chi connectivity index (χ0n) is 7.53. The lowest BCUT2D eigenvalue weighted by Crippen LogP contribution is -1.99. The van der Waals surface area contributed by atoms with E-state index in [9.17, 15) is 0 Å². The molecule has 0 atom stereocenters. The molecule has 1 aliphatic rings. The van der Waals surface area contributed by atoms with E-state index in [0.29, 0.717) is 23.8 Å². The van der Waals surface area contributed by atoms with Gasteiger partial charge in [0.1, 0.15) is 5.75 Å². The first-order valence-electron chi connectivity index (χ1n) is 4.45. The average molecular weight is 212 g/mol. The van der Waals surface area contributed by atoms with E-state index in [1.54, 1.807) is 18.2 Å². The number of hydrogen-bond donors (Lipinski definition) is 1. The Hall–Kier alpha value is -1.22. The molecule has 1 aliphatic heterocycles. The summed E-state index contributed by atoms with van der Waals surface area (Å²) in [5, 5.41) is 12.7. The van der Waals surface area contributed by atoms with Crippen molar-refractivity contribution in [2.24, 2.45) is 5.16 Å². The summed E-state index contributed by atoms with van der Waals surface area (Å²) >= 11 is 5.86. The summed E-state index contributed by atoms with van der Waals surface area (Å²) in [4.78, 5) is 0. The van der Waals surface area contributed by atoms with Crippen LogP contribution >= 0.6 is 11.6 Å². The SMILES string of the molecule is ON=C1CCCOc2ccc(Cl)cc21. The Morgan fingerprint density at radius 2 is 2.29 bits per heavy atom. The normalized spacial score (nSPS) is 18.5. The molecule has 0 aliphatic carbocycles. The number of oxime groups is 1. The second-order valence-electron chi connectivity index (χ2n) is 3.14. The van der Waals surface area contributed by atoms with Gasteiger partial charge in [0.25, 0.3) is 0 Å². The molecule has 1 heterocycles. The Morgan fingerprint density at radius 3 is 3.07 bits per heavy atom. The molecular formula is C10H10ClNO2. The number of ether oxygens (including phenoxy) is 1. The Kier molecular flexibility index (Phi) is 2.59. The minimum Gasteiger partial charge on any atom is -0.493 e. The van der Waals surface area contributed by atoms with E-state index in [-0.39, 0.29) is 0 Å². The van der Waals surface area contributed by atoms with Crippen LogP contribution in [0.2, 0.25) is 5.02 Å². The third kappa shape index (κ3) is 1.68. The molecule has 14 heavy (non-hydrogen) atoms. The highest BCUT2D eigenvalue weighted by Gasteiger charge is 2.15. The molecule has 1 aromatic rings. The van der Waals surface area contributed by atoms with Gasteiger partial charge in [-0.05, 0) is 31.0 Å². The fourth-order valence-electron chi connectivity index (χ4n) is 1.51. The number of hydrogen-bond acceptors (Lipinski definition) is 3. The molecule has 0 aromatic heterocycles. The van der Waals surface area contributed by atoms with E-state index in [1.165, 1.54) is 0 Å². The van der Waals surface area contributed by atoms with Crippen molar-refractivity contribution in [2.45, 2.75) is 12.8 Å². The largest absolute Gasteiger partial charge is 0.493 e. The highest BCUT2D eigenvalue weighted by atomic mass is 35.5. The molecule has 0 unspecified atom stereocenters. The van der Waals surface area contributed by atoms with Gasteiger partial charge < -0.3 is 9.94 Å². The first-order valence-corrected chi connectivity index (χ1v) is 4.82. The number of benzene rings is 1. The highest BCUT2D eigenvalue weighted by Crippen LogP contribution is 2.27. The second kappa shape index (κ2) is 3.88. The molecule has 1 aromatic carbocycles. The van der Waals surface area contributed by atoms with Crippen molar-refractivity contribution in [2.75, 3.05) is 6.61 Å². The van der Waals surface area contributed by atoms with Gasteiger partial charge in [0.05, 0.1) is 12.3 Å². The average Bonchev–Trinajstić information content (AvgIpc) is 2.39. The highest BCUT2D eigenvalue weighted by molar-refractivity contribution is 6.31. The Balaban J connectivity index is 2.51. The van der Waals surface area contributed by atoms with Gasteiger partial charge in [-0.3, -0.25) is 0 Å². The molecule has 0 radical (unpaired) electrons. The van der Waals surface area contributed by atoms with Crippen molar-refractivity contribution in [3.05, 3.63) is 28.8 Å². The number of nitrogens with zero attached hydrogens (tertiary/aromatic N) is 1. The summed E-state index contributed by atoms with van der Waals surface area (Å²) in [6.07, 6.45) is 1.57. The number of halogens is 1. The Labute approximate surface area is 86.9 Å². The first kappa shape index (κ1) is 9.34. The predicted octanol–water partition coefficient (Wildman–Crippen LogP) is 2.69. The minimum absolute atomic E-state index is 0.621. The van der Waals surface area contributed by atoms with Gasteiger partial charge in [-0.1, -0.05) is 16.8 Å². The van der Waals surface area contributed by atoms with E-state index in [4.69, 9.17) is 21.5 Å². The van der Waals surface area contributed by atoms with Crippen LogP contribution in [0.5, 0.6) is 5.75 Å². The fourth-order valence-corrected chi connectivity index (χ4v) is 1.69. The van der Waals surface area contributed by atoms with E-state index in [2.05, 4.69) is 5.16 Å². The Bertz CT molecular complexity index is 376. The van der Waals surface area contributed by atoms with Gasteiger partial charge in [-0.15, -0.1) is 0 Å². The van der Waals surface area contributed by atoms with Crippen LogP contribution in [0.25, 0.3) is 0 Å². The van der Waals surface area contributed by atoms with Gasteiger partial charge in [-0.2, -0.15) is 0 Å². The summed E-state index contributed by atoms with van der Waals surface area (Å²) in [5.74, 6) is 0.736. The van der Waals surface area contributed by atoms with Crippen LogP contribution in [0.1, 0.15) is 18.4 Å². The van der Waals surface area contributed by atoms with Crippen molar-refractivity contribution in [3.63, 3.8) is 0 Å². The van der Waals surface area contributed by atoms with Gasteiger partial charge in [0.2, 0.25) is 0 Å². The van der Waals surface area contributed by atoms with Crippen molar-refractivity contribution in [3.8, 4) is 5.75 Å². The molecule has 2 rings (SSSR count). The van der Waals surface area contributed by atoms with Gasteiger partial charge in [-0.25, -0.2) is 0 Å². The smallest absolute Gasteiger partial charge is 0.128 e. The lowest BCUT2D eigenvalue weighted by molar-refractivity contribution is 0.314. The fraction of sp³-hybridized carbons (Fsp3) is 0.300. The molecule has 0 saturated heterocycles. The molecule has 0 amide bonds. The molecule has 0 fully saturated rings. The standard InChI is InChI=1S/C10H10ClNO2/c11-7-3-4-10-8(6-7)9(12-13)2-1-5-14-10/h3-4,6,13H,1-2,5H2. The molecule has 0 spiro atoms. The van der Waals surface area contributed by atoms with E-state index < -0.39 is 0 Å². The molecule has 0 bridgehead atoms. The van der Waals surface area contributed by atoms with E-state index in [0.717, 1.165) is 17.7 Å². The third-order valence-corrected chi connectivity index (χ3v) is 2.42. The zero-order chi connectivity index (χ0) is 9.97. The van der Waals surface area contributed by atoms with Gasteiger partial charge in [0, 0.05) is 10.6 Å². The third-order valence-electron chi connectivity index (χ3n) is 2.19. The van der Waals surface area contributed by atoms with Crippen molar-refractivity contribution in [1.29, 1.82) is 0 Å². The van der Waals surface area contributed by atoms with Gasteiger partial charge >= 0.3 is 0 Å². The summed E-state index contributed by atoms with van der Waals surface area (Å²) in [6, 6.07) is 5.33. The van der Waals surface area contributed by atoms with Crippen molar-refractivity contribution in [1.82, 2.24) is 0 Å². The molecule has 4 heteroatoms. The number of rotatable bonds is 0. The van der Waals surface area contributed by atoms with Crippen LogP contribution in [0.15, 0.2) is 23.4 Å². The number of fused-ring (bicyclic) bond motifs is 1. The van der Waals surface area contributed by atoms with E-state index in [1.807, 2.05) is 0 Å². The topological polar surface area (TPSA) is 41.8 Å². The Morgan fingerprint density at radius 1 is 1.43 bits per heavy atom. The summed E-state index contributed by atoms with van der Waals surface area (Å²) in [7, 11) is 0. The lowest BCUT2D eigenvalue weighted by atomic mass is 10.1. The monoisotopic (exact) mass is 211 g/mol. The first-order chi connectivity index (χ1) is 6.81. The quantitative estimate of drug-likeness (QED) is 0.530. The van der Waals surface area contributed by atoms with E-state index >= 15 is 0 Å². The minimum atomic E-state index is 0.621. The predicted molar refractivity (Wildman–Crippen MR) is 54.5 cm³/mol. The molecule has 3 nitrogen and oxygen atoms in total. The van der Waals surface area contributed by atoms with Crippen LogP contribution in [0.4, 0.5) is 0 Å².